The fourth-order valence-corrected chi connectivity index (χ4v) is 2.66. The second kappa shape index (κ2) is 5.08. The molecule has 20 heavy (non-hydrogen) atoms. The molecule has 1 aliphatic rings. The lowest BCUT2D eigenvalue weighted by Gasteiger charge is -2.19. The molecular formula is C17H16FNO. The Hall–Kier alpha value is -2.16. The van der Waals surface area contributed by atoms with E-state index in [0.717, 1.165) is 30.6 Å². The largest absolute Gasteiger partial charge is 0.367 e. The molecule has 1 aliphatic heterocycles. The van der Waals surface area contributed by atoms with Crippen LogP contribution < -0.4 is 4.90 Å². The molecule has 0 bridgehead atoms. The summed E-state index contributed by atoms with van der Waals surface area (Å²) in [5.41, 5.74) is 4.27. The number of ketones is 1. The molecule has 0 atom stereocenters. The van der Waals surface area contributed by atoms with Crippen LogP contribution in [0.1, 0.15) is 28.4 Å². The Balaban J connectivity index is 1.82. The maximum Gasteiger partial charge on any atom is 0.159 e. The molecule has 102 valence electrons. The highest BCUT2D eigenvalue weighted by molar-refractivity contribution is 5.94. The Labute approximate surface area is 117 Å². The molecule has 2 nitrogen and oxygen atoms in total. The van der Waals surface area contributed by atoms with Gasteiger partial charge in [0.15, 0.2) is 5.78 Å². The highest BCUT2D eigenvalue weighted by Crippen LogP contribution is 2.30. The summed E-state index contributed by atoms with van der Waals surface area (Å²) in [7, 11) is 0. The van der Waals surface area contributed by atoms with E-state index in [1.165, 1.54) is 23.4 Å². The fraction of sp³-hybridized carbons (Fsp3) is 0.235. The average molecular weight is 269 g/mol. The molecule has 1 heterocycles. The molecule has 0 N–H and O–H groups in total. The molecule has 0 saturated heterocycles. The number of carbonyl (C=O) groups excluding carboxylic acids is 1. The summed E-state index contributed by atoms with van der Waals surface area (Å²) in [4.78, 5) is 13.7. The second-order valence-electron chi connectivity index (χ2n) is 5.20. The van der Waals surface area contributed by atoms with E-state index in [9.17, 15) is 9.18 Å². The first-order valence-electron chi connectivity index (χ1n) is 6.77. The minimum atomic E-state index is -0.207. The lowest BCUT2D eigenvalue weighted by atomic mass is 10.1. The number of hydrogen-bond acceptors (Lipinski definition) is 2. The van der Waals surface area contributed by atoms with Crippen molar-refractivity contribution < 1.29 is 9.18 Å². The highest BCUT2D eigenvalue weighted by Gasteiger charge is 2.19. The van der Waals surface area contributed by atoms with Crippen LogP contribution in [0.5, 0.6) is 0 Å². The van der Waals surface area contributed by atoms with Crippen molar-refractivity contribution in [2.45, 2.75) is 19.9 Å². The number of fused-ring (bicyclic) bond motifs is 1. The van der Waals surface area contributed by atoms with Crippen molar-refractivity contribution >= 4 is 11.5 Å². The van der Waals surface area contributed by atoms with Crippen LogP contribution in [0.15, 0.2) is 42.5 Å². The zero-order valence-corrected chi connectivity index (χ0v) is 11.4. The van der Waals surface area contributed by atoms with Crippen molar-refractivity contribution in [3.8, 4) is 0 Å². The normalized spacial score (nSPS) is 13.4. The first-order valence-corrected chi connectivity index (χ1v) is 6.77. The number of nitrogens with zero attached hydrogens (tertiary/aromatic N) is 1. The number of carbonyl (C=O) groups is 1. The smallest absolute Gasteiger partial charge is 0.159 e. The summed E-state index contributed by atoms with van der Waals surface area (Å²) in [6.45, 7) is 3.30. The maximum absolute atomic E-state index is 12.9. The predicted molar refractivity (Wildman–Crippen MR) is 77.6 cm³/mol. The van der Waals surface area contributed by atoms with E-state index >= 15 is 0 Å². The molecule has 0 saturated carbocycles. The van der Waals surface area contributed by atoms with Gasteiger partial charge >= 0.3 is 0 Å². The number of anilines is 1. The quantitative estimate of drug-likeness (QED) is 0.794. The van der Waals surface area contributed by atoms with E-state index in [1.54, 1.807) is 6.92 Å². The van der Waals surface area contributed by atoms with Crippen molar-refractivity contribution in [1.29, 1.82) is 0 Å². The Kier molecular flexibility index (Phi) is 3.26. The maximum atomic E-state index is 12.9. The highest BCUT2D eigenvalue weighted by atomic mass is 19.1. The molecule has 0 aliphatic carbocycles. The van der Waals surface area contributed by atoms with Gasteiger partial charge in [-0.05, 0) is 54.8 Å². The monoisotopic (exact) mass is 269 g/mol. The standard InChI is InChI=1S/C17H16FNO/c1-12(20)14-4-7-17-15(10-14)8-9-19(17)11-13-2-5-16(18)6-3-13/h2-7,10H,8-9,11H2,1H3. The van der Waals surface area contributed by atoms with Crippen LogP contribution >= 0.6 is 0 Å². The second-order valence-corrected chi connectivity index (χ2v) is 5.20. The van der Waals surface area contributed by atoms with E-state index in [2.05, 4.69) is 4.90 Å². The van der Waals surface area contributed by atoms with Crippen LogP contribution in [-0.2, 0) is 13.0 Å². The van der Waals surface area contributed by atoms with Gasteiger partial charge in [0.25, 0.3) is 0 Å². The zero-order chi connectivity index (χ0) is 14.1. The lowest BCUT2D eigenvalue weighted by molar-refractivity contribution is 0.101. The molecule has 0 fully saturated rings. The summed E-state index contributed by atoms with van der Waals surface area (Å²) in [5.74, 6) is -0.105. The van der Waals surface area contributed by atoms with Crippen molar-refractivity contribution in [1.82, 2.24) is 0 Å². The molecule has 3 heteroatoms. The van der Waals surface area contributed by atoms with Gasteiger partial charge in [0, 0.05) is 24.3 Å². The predicted octanol–water partition coefficient (Wildman–Crippen LogP) is 3.59. The number of benzene rings is 2. The molecule has 0 aromatic heterocycles. The van der Waals surface area contributed by atoms with Gasteiger partial charge in [0.2, 0.25) is 0 Å². The summed E-state index contributed by atoms with van der Waals surface area (Å²) < 4.78 is 12.9. The number of hydrogen-bond donors (Lipinski definition) is 0. The van der Waals surface area contributed by atoms with Crippen LogP contribution in [-0.4, -0.2) is 12.3 Å². The Morgan fingerprint density at radius 3 is 2.65 bits per heavy atom. The van der Waals surface area contributed by atoms with Gasteiger partial charge < -0.3 is 4.90 Å². The van der Waals surface area contributed by atoms with Gasteiger partial charge in [0.1, 0.15) is 5.82 Å². The Morgan fingerprint density at radius 1 is 1.20 bits per heavy atom. The first-order chi connectivity index (χ1) is 9.63. The number of halogens is 1. The number of Topliss-reactive ketones (excluding diaryl/α,β-unsaturated/α-hetero) is 1. The molecule has 0 radical (unpaired) electrons. The van der Waals surface area contributed by atoms with Gasteiger partial charge in [-0.15, -0.1) is 0 Å². The van der Waals surface area contributed by atoms with E-state index in [0.29, 0.717) is 0 Å². The number of rotatable bonds is 3. The third kappa shape index (κ3) is 2.44. The summed E-state index contributed by atoms with van der Waals surface area (Å²) in [6.07, 6.45) is 0.956. The van der Waals surface area contributed by atoms with E-state index < -0.39 is 0 Å². The van der Waals surface area contributed by atoms with Gasteiger partial charge in [-0.3, -0.25) is 4.79 Å². The van der Waals surface area contributed by atoms with Crippen LogP contribution in [0, 0.1) is 5.82 Å². The van der Waals surface area contributed by atoms with E-state index in [4.69, 9.17) is 0 Å². The van der Waals surface area contributed by atoms with Crippen molar-refractivity contribution in [3.05, 3.63) is 65.0 Å². The van der Waals surface area contributed by atoms with Crippen molar-refractivity contribution in [2.75, 3.05) is 11.4 Å². The Morgan fingerprint density at radius 2 is 1.95 bits per heavy atom. The Bertz CT molecular complexity index is 649. The fourth-order valence-electron chi connectivity index (χ4n) is 2.66. The van der Waals surface area contributed by atoms with Crippen molar-refractivity contribution in [3.63, 3.8) is 0 Å². The summed E-state index contributed by atoms with van der Waals surface area (Å²) in [6, 6.07) is 12.5. The van der Waals surface area contributed by atoms with Gasteiger partial charge in [-0.25, -0.2) is 4.39 Å². The third-order valence-corrected chi connectivity index (χ3v) is 3.76. The van der Waals surface area contributed by atoms with Crippen LogP contribution in [0.4, 0.5) is 10.1 Å². The van der Waals surface area contributed by atoms with E-state index in [1.807, 2.05) is 30.3 Å². The molecule has 3 rings (SSSR count). The SMILES string of the molecule is CC(=O)c1ccc2c(c1)CCN2Cc1ccc(F)cc1. The third-order valence-electron chi connectivity index (χ3n) is 3.76. The molecule has 2 aromatic carbocycles. The van der Waals surface area contributed by atoms with Gasteiger partial charge in [-0.1, -0.05) is 12.1 Å². The molecule has 0 unspecified atom stereocenters. The van der Waals surface area contributed by atoms with Gasteiger partial charge in [0.05, 0.1) is 0 Å². The zero-order valence-electron chi connectivity index (χ0n) is 11.4. The molecule has 2 aromatic rings. The van der Waals surface area contributed by atoms with Crippen LogP contribution in [0.25, 0.3) is 0 Å². The summed E-state index contributed by atoms with van der Waals surface area (Å²) in [5, 5.41) is 0. The minimum Gasteiger partial charge on any atom is -0.367 e. The molecular weight excluding hydrogens is 253 g/mol. The lowest BCUT2D eigenvalue weighted by Crippen LogP contribution is -2.19. The van der Waals surface area contributed by atoms with E-state index in [-0.39, 0.29) is 11.6 Å². The summed E-state index contributed by atoms with van der Waals surface area (Å²) >= 11 is 0. The van der Waals surface area contributed by atoms with Crippen LogP contribution in [0.3, 0.4) is 0 Å². The minimum absolute atomic E-state index is 0.102. The van der Waals surface area contributed by atoms with Crippen LogP contribution in [0.2, 0.25) is 0 Å². The molecule has 0 spiro atoms. The van der Waals surface area contributed by atoms with Crippen molar-refractivity contribution in [2.24, 2.45) is 0 Å². The molecule has 0 amide bonds. The topological polar surface area (TPSA) is 20.3 Å². The first kappa shape index (κ1) is 12.9. The van der Waals surface area contributed by atoms with Gasteiger partial charge in [-0.2, -0.15) is 0 Å². The average Bonchev–Trinajstić information content (AvgIpc) is 2.84.